The molecule has 1 aliphatic carbocycles. The summed E-state index contributed by atoms with van der Waals surface area (Å²) in [6, 6.07) is 6.76. The maximum atomic E-state index is 12.9. The van der Waals surface area contributed by atoms with Gasteiger partial charge in [0.15, 0.2) is 17.3 Å². The Hall–Kier alpha value is -3.91. The highest BCUT2D eigenvalue weighted by Gasteiger charge is 2.30. The molecule has 0 atom stereocenters. The molecule has 1 aromatic carbocycles. The van der Waals surface area contributed by atoms with Crippen LogP contribution in [-0.4, -0.2) is 99.9 Å². The van der Waals surface area contributed by atoms with E-state index in [9.17, 15) is 14.4 Å². The molecular weight excluding hydrogens is 577 g/mol. The number of carbonyl (C=O) groups excluding carboxylic acids is 3. The zero-order chi connectivity index (χ0) is 31.9. The Labute approximate surface area is 264 Å². The van der Waals surface area contributed by atoms with Crippen molar-refractivity contribution >= 4 is 69.8 Å². The lowest BCUT2D eigenvalue weighted by molar-refractivity contribution is -0.117. The predicted octanol–water partition coefficient (Wildman–Crippen LogP) is 2.01. The molecule has 1 fully saturated rings. The minimum Gasteiger partial charge on any atom is -0.494 e. The van der Waals surface area contributed by atoms with E-state index in [1.165, 1.54) is 30.7 Å². The summed E-state index contributed by atoms with van der Waals surface area (Å²) < 4.78 is 5.74. The highest BCUT2D eigenvalue weighted by atomic mass is 32.1. The lowest BCUT2D eigenvalue weighted by atomic mass is 9.49. The lowest BCUT2D eigenvalue weighted by Crippen LogP contribution is -2.50. The Bertz CT molecular complexity index is 1490. The first-order chi connectivity index (χ1) is 21.0. The number of aromatic nitrogens is 3. The second-order valence-electron chi connectivity index (χ2n) is 10.3. The normalized spacial score (nSPS) is 12.9. The Kier molecular flexibility index (Phi) is 11.0. The zero-order valence-corrected chi connectivity index (χ0v) is 25.8. The summed E-state index contributed by atoms with van der Waals surface area (Å²) in [5.74, 6) is -0.710. The van der Waals surface area contributed by atoms with Crippen LogP contribution >= 0.6 is 11.3 Å². The summed E-state index contributed by atoms with van der Waals surface area (Å²) in [6.07, 6.45) is 3.98. The van der Waals surface area contributed by atoms with E-state index in [0.717, 1.165) is 38.9 Å². The monoisotopic (exact) mass is 610 g/mol. The highest BCUT2D eigenvalue weighted by Crippen LogP contribution is 2.40. The van der Waals surface area contributed by atoms with Crippen LogP contribution < -0.4 is 26.0 Å². The van der Waals surface area contributed by atoms with E-state index in [2.05, 4.69) is 55.2 Å². The average Bonchev–Trinajstić information content (AvgIpc) is 3.72. The molecule has 12 nitrogen and oxygen atoms in total. The standard InChI is InChI=1S/C28H33B3N8O4S/c1-4-39(5-2)13-7-12-32-25(41)20-15-33-27(44-20)17-8-6-9-18(23(17)43-3)34-19-14-21(35-24(40)16-10-11-16)37-38-22(19)26(42)36-28(29,30)31/h6,8-9,14-16H,4-5,7,10-13H2,1-3H3,(H,32,41)(H,36,42)(H2,34,35,37,40). The molecule has 0 aliphatic heterocycles. The van der Waals surface area contributed by atoms with Gasteiger partial charge in [-0.2, -0.15) is 0 Å². The van der Waals surface area contributed by atoms with E-state index >= 15 is 0 Å². The van der Waals surface area contributed by atoms with E-state index in [1.54, 1.807) is 18.2 Å². The molecule has 3 aromatic rings. The summed E-state index contributed by atoms with van der Waals surface area (Å²) in [5.41, 5.74) is 1.06. The van der Waals surface area contributed by atoms with Gasteiger partial charge in [-0.25, -0.2) is 4.98 Å². The fourth-order valence-electron chi connectivity index (χ4n) is 4.35. The van der Waals surface area contributed by atoms with Crippen molar-refractivity contribution in [2.45, 2.75) is 38.3 Å². The topological polar surface area (TPSA) is 150 Å². The number of carbonyl (C=O) groups is 3. The number of nitrogens with one attached hydrogen (secondary N) is 4. The molecule has 1 saturated carbocycles. The smallest absolute Gasteiger partial charge is 0.272 e. The largest absolute Gasteiger partial charge is 0.494 e. The van der Waals surface area contributed by atoms with Crippen LogP contribution in [0.2, 0.25) is 0 Å². The number of nitrogens with zero attached hydrogens (tertiary/aromatic N) is 4. The minimum absolute atomic E-state index is 0.0713. The first-order valence-electron chi connectivity index (χ1n) is 14.3. The molecule has 0 unspecified atom stereocenters. The van der Waals surface area contributed by atoms with Gasteiger partial charge < -0.3 is 30.9 Å². The van der Waals surface area contributed by atoms with Gasteiger partial charge in [0.25, 0.3) is 11.8 Å². The maximum absolute atomic E-state index is 12.9. The Morgan fingerprint density at radius 3 is 2.50 bits per heavy atom. The number of hydrogen-bond donors (Lipinski definition) is 4. The summed E-state index contributed by atoms with van der Waals surface area (Å²) >= 11 is 1.23. The van der Waals surface area contributed by atoms with Crippen LogP contribution in [-0.2, 0) is 4.79 Å². The summed E-state index contributed by atoms with van der Waals surface area (Å²) in [7, 11) is 18.2. The van der Waals surface area contributed by atoms with Crippen molar-refractivity contribution in [2.24, 2.45) is 5.92 Å². The van der Waals surface area contributed by atoms with Crippen LogP contribution in [0.5, 0.6) is 5.75 Å². The molecule has 4 N–H and O–H groups in total. The molecule has 2 aromatic heterocycles. The van der Waals surface area contributed by atoms with Gasteiger partial charge in [-0.1, -0.05) is 25.2 Å². The number of ether oxygens (including phenoxy) is 1. The summed E-state index contributed by atoms with van der Waals surface area (Å²) in [4.78, 5) is 45.3. The molecule has 6 radical (unpaired) electrons. The van der Waals surface area contributed by atoms with Gasteiger partial charge in [-0.15, -0.1) is 21.5 Å². The van der Waals surface area contributed by atoms with Crippen molar-refractivity contribution in [2.75, 3.05) is 43.9 Å². The van der Waals surface area contributed by atoms with Gasteiger partial charge in [0, 0.05) is 18.5 Å². The second-order valence-corrected chi connectivity index (χ2v) is 11.4. The third kappa shape index (κ3) is 8.82. The second kappa shape index (κ2) is 14.7. The van der Waals surface area contributed by atoms with Crippen molar-refractivity contribution in [3.05, 3.63) is 41.0 Å². The SMILES string of the molecule is [B]C([B])([B])NC(=O)c1nnc(NC(=O)C2CC2)cc1Nc1cccc(-c2ncc(C(=O)NCCCN(CC)CC)s2)c1OC. The zero-order valence-electron chi connectivity index (χ0n) is 25.0. The third-order valence-corrected chi connectivity index (χ3v) is 7.85. The highest BCUT2D eigenvalue weighted by molar-refractivity contribution is 7.17. The minimum atomic E-state index is -2.01. The van der Waals surface area contributed by atoms with Crippen molar-refractivity contribution < 1.29 is 19.1 Å². The number of methoxy groups -OCH3 is 1. The van der Waals surface area contributed by atoms with Gasteiger partial charge in [-0.3, -0.25) is 14.4 Å². The number of anilines is 3. The van der Waals surface area contributed by atoms with E-state index in [4.69, 9.17) is 28.3 Å². The number of thiazole rings is 1. The molecule has 44 heavy (non-hydrogen) atoms. The van der Waals surface area contributed by atoms with Crippen molar-refractivity contribution in [1.29, 1.82) is 0 Å². The molecule has 0 saturated heterocycles. The fraction of sp³-hybridized carbons (Fsp3) is 0.429. The molecular formula is C28H33B3N8O4S. The van der Waals surface area contributed by atoms with Crippen LogP contribution in [0.15, 0.2) is 30.5 Å². The van der Waals surface area contributed by atoms with Crippen LogP contribution in [0.4, 0.5) is 17.2 Å². The van der Waals surface area contributed by atoms with E-state index in [-0.39, 0.29) is 34.9 Å². The molecule has 1 aliphatic rings. The molecule has 2 heterocycles. The summed E-state index contributed by atoms with van der Waals surface area (Å²) in [5, 5.41) is 17.6. The van der Waals surface area contributed by atoms with Crippen LogP contribution in [0.3, 0.4) is 0 Å². The van der Waals surface area contributed by atoms with Crippen molar-refractivity contribution in [3.8, 4) is 16.3 Å². The van der Waals surface area contributed by atoms with Crippen molar-refractivity contribution in [1.82, 2.24) is 30.7 Å². The molecule has 16 heteroatoms. The third-order valence-electron chi connectivity index (χ3n) is 6.82. The number of rotatable bonds is 15. The maximum Gasteiger partial charge on any atom is 0.272 e. The molecule has 0 spiro atoms. The number of hydrogen-bond acceptors (Lipinski definition) is 10. The average molecular weight is 610 g/mol. The van der Waals surface area contributed by atoms with Crippen molar-refractivity contribution in [3.63, 3.8) is 0 Å². The van der Waals surface area contributed by atoms with Crippen LogP contribution in [0.25, 0.3) is 10.6 Å². The van der Waals surface area contributed by atoms with Crippen LogP contribution in [0.1, 0.15) is 53.3 Å². The molecule has 3 amide bonds. The quantitative estimate of drug-likeness (QED) is 0.150. The van der Waals surface area contributed by atoms with Gasteiger partial charge in [-0.05, 0) is 51.0 Å². The Morgan fingerprint density at radius 2 is 1.84 bits per heavy atom. The van der Waals surface area contributed by atoms with E-state index in [0.29, 0.717) is 33.4 Å². The van der Waals surface area contributed by atoms with Gasteiger partial charge in [0.1, 0.15) is 9.88 Å². The lowest BCUT2D eigenvalue weighted by Gasteiger charge is -2.23. The van der Waals surface area contributed by atoms with Gasteiger partial charge >= 0.3 is 0 Å². The van der Waals surface area contributed by atoms with E-state index < -0.39 is 11.1 Å². The Morgan fingerprint density at radius 1 is 1.09 bits per heavy atom. The molecule has 4 rings (SSSR count). The van der Waals surface area contributed by atoms with E-state index in [1.807, 2.05) is 0 Å². The first kappa shape index (κ1) is 33.0. The van der Waals surface area contributed by atoms with Gasteiger partial charge in [0.05, 0.1) is 53.8 Å². The summed E-state index contributed by atoms with van der Waals surface area (Å²) in [6.45, 7) is 7.64. The predicted molar refractivity (Wildman–Crippen MR) is 173 cm³/mol. The number of para-hydroxylation sites is 1. The first-order valence-corrected chi connectivity index (χ1v) is 15.1. The number of benzene rings is 1. The fourth-order valence-corrected chi connectivity index (χ4v) is 5.20. The van der Waals surface area contributed by atoms with Gasteiger partial charge in [0.2, 0.25) is 5.91 Å². The van der Waals surface area contributed by atoms with Crippen LogP contribution in [0, 0.1) is 5.92 Å². The molecule has 0 bridgehead atoms. The number of amides is 3. The Balaban J connectivity index is 1.56. The molecule has 224 valence electrons.